The highest BCUT2D eigenvalue weighted by atomic mass is 32.1. The minimum atomic E-state index is -0.111. The summed E-state index contributed by atoms with van der Waals surface area (Å²) in [4.78, 5) is 6.28. The molecule has 2 aliphatic carbocycles. The molecule has 1 fully saturated rings. The molecule has 3 nitrogen and oxygen atoms in total. The molecule has 0 radical (unpaired) electrons. The number of aromatic nitrogens is 1. The van der Waals surface area contributed by atoms with Crippen molar-refractivity contribution in [2.24, 2.45) is 5.73 Å². The van der Waals surface area contributed by atoms with E-state index < -0.39 is 0 Å². The van der Waals surface area contributed by atoms with E-state index >= 15 is 0 Å². The average Bonchev–Trinajstić information content (AvgIpc) is 2.85. The molecule has 1 unspecified atom stereocenters. The van der Waals surface area contributed by atoms with Crippen molar-refractivity contribution in [1.82, 2.24) is 4.98 Å². The summed E-state index contributed by atoms with van der Waals surface area (Å²) in [6.45, 7) is 0. The molecule has 1 aromatic rings. The topological polar surface area (TPSA) is 48.1 Å². The van der Waals surface area contributed by atoms with E-state index in [9.17, 15) is 0 Å². The molecule has 3 rings (SSSR count). The van der Waals surface area contributed by atoms with Gasteiger partial charge in [0.05, 0.1) is 5.69 Å². The Bertz CT molecular complexity index is 423. The summed E-state index contributed by atoms with van der Waals surface area (Å²) in [5.41, 5.74) is 7.22. The monoisotopic (exact) mass is 266 g/mol. The van der Waals surface area contributed by atoms with E-state index in [2.05, 4.69) is 0 Å². The number of methoxy groups -OCH3 is 1. The second-order valence-electron chi connectivity index (χ2n) is 5.59. The molecule has 2 N–H and O–H groups in total. The first-order chi connectivity index (χ1) is 8.75. The smallest absolute Gasteiger partial charge is 0.125 e. The third-order valence-electron chi connectivity index (χ3n) is 4.44. The Kier molecular flexibility index (Phi) is 3.43. The maximum absolute atomic E-state index is 6.18. The normalized spacial score (nSPS) is 26.9. The molecule has 1 atom stereocenters. The molecule has 1 aromatic heterocycles. The summed E-state index contributed by atoms with van der Waals surface area (Å²) >= 11 is 1.85. The molecule has 100 valence electrons. The Hall–Kier alpha value is -0.450. The fourth-order valence-electron chi connectivity index (χ4n) is 3.27. The van der Waals surface area contributed by atoms with Gasteiger partial charge in [0.2, 0.25) is 0 Å². The lowest BCUT2D eigenvalue weighted by molar-refractivity contribution is -0.0447. The van der Waals surface area contributed by atoms with Crippen LogP contribution in [-0.4, -0.2) is 12.1 Å². The minimum Gasteiger partial charge on any atom is -0.371 e. The van der Waals surface area contributed by atoms with E-state index in [0.717, 1.165) is 31.4 Å². The van der Waals surface area contributed by atoms with Crippen LogP contribution in [0.4, 0.5) is 0 Å². The quantitative estimate of drug-likeness (QED) is 0.893. The minimum absolute atomic E-state index is 0.111. The van der Waals surface area contributed by atoms with Crippen LogP contribution in [0.2, 0.25) is 0 Å². The molecule has 0 spiro atoms. The third kappa shape index (κ3) is 2.00. The SMILES string of the molecule is COC1(c2nc3c(s2)CCCC3N)CCCCC1. The zero-order valence-corrected chi connectivity index (χ0v) is 11.9. The summed E-state index contributed by atoms with van der Waals surface area (Å²) < 4.78 is 5.88. The first kappa shape index (κ1) is 12.6. The van der Waals surface area contributed by atoms with Crippen molar-refractivity contribution in [2.45, 2.75) is 63.0 Å². The summed E-state index contributed by atoms with van der Waals surface area (Å²) in [6.07, 6.45) is 9.51. The van der Waals surface area contributed by atoms with Crippen LogP contribution in [0.15, 0.2) is 0 Å². The molecular weight excluding hydrogens is 244 g/mol. The number of thiazole rings is 1. The van der Waals surface area contributed by atoms with E-state index in [4.69, 9.17) is 15.5 Å². The Balaban J connectivity index is 1.95. The summed E-state index contributed by atoms with van der Waals surface area (Å²) in [7, 11) is 1.84. The summed E-state index contributed by atoms with van der Waals surface area (Å²) in [6, 6.07) is 0.149. The molecule has 0 aromatic carbocycles. The van der Waals surface area contributed by atoms with Gasteiger partial charge in [0.25, 0.3) is 0 Å². The van der Waals surface area contributed by atoms with Gasteiger partial charge in [-0.05, 0) is 32.1 Å². The Morgan fingerprint density at radius 1 is 1.28 bits per heavy atom. The van der Waals surface area contributed by atoms with Crippen LogP contribution in [0.1, 0.15) is 66.6 Å². The van der Waals surface area contributed by atoms with E-state index in [1.165, 1.54) is 35.6 Å². The number of nitrogens with zero attached hydrogens (tertiary/aromatic N) is 1. The summed E-state index contributed by atoms with van der Waals surface area (Å²) in [5.74, 6) is 0. The van der Waals surface area contributed by atoms with Crippen molar-refractivity contribution < 1.29 is 4.74 Å². The van der Waals surface area contributed by atoms with Crippen LogP contribution in [0, 0.1) is 0 Å². The lowest BCUT2D eigenvalue weighted by Gasteiger charge is -2.34. The number of hydrogen-bond donors (Lipinski definition) is 1. The zero-order valence-electron chi connectivity index (χ0n) is 11.1. The van der Waals surface area contributed by atoms with Crippen LogP contribution in [0.25, 0.3) is 0 Å². The van der Waals surface area contributed by atoms with Gasteiger partial charge in [-0.15, -0.1) is 11.3 Å². The Labute approximate surface area is 113 Å². The zero-order chi connectivity index (χ0) is 12.6. The van der Waals surface area contributed by atoms with Gasteiger partial charge < -0.3 is 10.5 Å². The Morgan fingerprint density at radius 3 is 2.72 bits per heavy atom. The standard InChI is InChI=1S/C14H22N2OS/c1-17-14(8-3-2-4-9-14)13-16-12-10(15)6-5-7-11(12)18-13/h10H,2-9,15H2,1H3. The first-order valence-electron chi connectivity index (χ1n) is 7.06. The fourth-order valence-corrected chi connectivity index (χ4v) is 4.67. The van der Waals surface area contributed by atoms with Crippen molar-refractivity contribution in [3.63, 3.8) is 0 Å². The Morgan fingerprint density at radius 2 is 2.06 bits per heavy atom. The van der Waals surface area contributed by atoms with Crippen LogP contribution < -0.4 is 5.73 Å². The van der Waals surface area contributed by atoms with Gasteiger partial charge in [0.15, 0.2) is 0 Å². The van der Waals surface area contributed by atoms with Gasteiger partial charge in [-0.25, -0.2) is 4.98 Å². The molecule has 0 bridgehead atoms. The molecule has 0 amide bonds. The molecule has 18 heavy (non-hydrogen) atoms. The van der Waals surface area contributed by atoms with Gasteiger partial charge in [-0.3, -0.25) is 0 Å². The largest absolute Gasteiger partial charge is 0.371 e. The number of aryl methyl sites for hydroxylation is 1. The lowest BCUT2D eigenvalue weighted by Crippen LogP contribution is -2.31. The van der Waals surface area contributed by atoms with Crippen molar-refractivity contribution in [2.75, 3.05) is 7.11 Å². The van der Waals surface area contributed by atoms with Crippen molar-refractivity contribution in [3.05, 3.63) is 15.6 Å². The van der Waals surface area contributed by atoms with Gasteiger partial charge >= 0.3 is 0 Å². The maximum atomic E-state index is 6.18. The molecule has 0 saturated heterocycles. The number of nitrogens with two attached hydrogens (primary N) is 1. The third-order valence-corrected chi connectivity index (χ3v) is 5.76. The molecule has 0 aliphatic heterocycles. The van der Waals surface area contributed by atoms with E-state index in [1.54, 1.807) is 0 Å². The van der Waals surface area contributed by atoms with Crippen LogP contribution in [0.3, 0.4) is 0 Å². The van der Waals surface area contributed by atoms with Crippen molar-refractivity contribution >= 4 is 11.3 Å². The number of rotatable bonds is 2. The van der Waals surface area contributed by atoms with Gasteiger partial charge in [0.1, 0.15) is 10.6 Å². The first-order valence-corrected chi connectivity index (χ1v) is 7.88. The van der Waals surface area contributed by atoms with Gasteiger partial charge in [-0.1, -0.05) is 19.3 Å². The molecule has 4 heteroatoms. The number of hydrogen-bond acceptors (Lipinski definition) is 4. The molecule has 1 heterocycles. The lowest BCUT2D eigenvalue weighted by atomic mass is 9.85. The van der Waals surface area contributed by atoms with Crippen molar-refractivity contribution in [3.8, 4) is 0 Å². The molecule has 2 aliphatic rings. The number of ether oxygens (including phenoxy) is 1. The van der Waals surface area contributed by atoms with E-state index in [-0.39, 0.29) is 11.6 Å². The second kappa shape index (κ2) is 4.91. The van der Waals surface area contributed by atoms with Gasteiger partial charge in [0, 0.05) is 18.0 Å². The van der Waals surface area contributed by atoms with Crippen LogP contribution in [0.5, 0.6) is 0 Å². The van der Waals surface area contributed by atoms with E-state index in [1.807, 2.05) is 18.4 Å². The fraction of sp³-hybridized carbons (Fsp3) is 0.786. The van der Waals surface area contributed by atoms with Gasteiger partial charge in [-0.2, -0.15) is 0 Å². The van der Waals surface area contributed by atoms with Crippen LogP contribution in [-0.2, 0) is 16.8 Å². The highest BCUT2D eigenvalue weighted by molar-refractivity contribution is 7.11. The highest BCUT2D eigenvalue weighted by Gasteiger charge is 2.38. The summed E-state index contributed by atoms with van der Waals surface area (Å²) in [5, 5.41) is 1.19. The second-order valence-corrected chi connectivity index (χ2v) is 6.67. The van der Waals surface area contributed by atoms with Crippen LogP contribution >= 0.6 is 11.3 Å². The maximum Gasteiger partial charge on any atom is 0.125 e. The van der Waals surface area contributed by atoms with Crippen molar-refractivity contribution in [1.29, 1.82) is 0 Å². The van der Waals surface area contributed by atoms with E-state index in [0.29, 0.717) is 0 Å². The average molecular weight is 266 g/mol. The molecular formula is C14H22N2OS. The predicted molar refractivity (Wildman–Crippen MR) is 73.8 cm³/mol. The highest BCUT2D eigenvalue weighted by Crippen LogP contribution is 2.44. The number of fused-ring (bicyclic) bond motifs is 1. The molecule has 1 saturated carbocycles. The predicted octanol–water partition coefficient (Wildman–Crippen LogP) is 3.29.